The number of hydrogen-bond acceptors (Lipinski definition) is 2. The third-order valence-electron chi connectivity index (χ3n) is 4.92. The Morgan fingerprint density at radius 3 is 2.27 bits per heavy atom. The maximum absolute atomic E-state index is 10.9. The highest BCUT2D eigenvalue weighted by Crippen LogP contribution is 2.47. The smallest absolute Gasteiger partial charge is 0.0763 e. The van der Waals surface area contributed by atoms with Crippen molar-refractivity contribution in [2.75, 3.05) is 13.1 Å². The van der Waals surface area contributed by atoms with E-state index in [2.05, 4.69) is 25.7 Å². The SMILES string of the molecule is CCN(CC(O)C1(c2ccc(Cl)c(Cl)c2)CCC1)C(C)C.Cl. The molecule has 0 bridgehead atoms. The van der Waals surface area contributed by atoms with Crippen molar-refractivity contribution in [3.05, 3.63) is 33.8 Å². The van der Waals surface area contributed by atoms with Gasteiger partial charge in [-0.2, -0.15) is 0 Å². The van der Waals surface area contributed by atoms with E-state index in [0.717, 1.165) is 31.4 Å². The van der Waals surface area contributed by atoms with Crippen molar-refractivity contribution >= 4 is 35.6 Å². The molecule has 22 heavy (non-hydrogen) atoms. The molecule has 2 rings (SSSR count). The van der Waals surface area contributed by atoms with Crippen LogP contribution in [-0.2, 0) is 5.41 Å². The quantitative estimate of drug-likeness (QED) is 0.771. The van der Waals surface area contributed by atoms with E-state index in [1.807, 2.05) is 18.2 Å². The second-order valence-electron chi connectivity index (χ2n) is 6.34. The molecule has 1 N–H and O–H groups in total. The molecule has 0 amide bonds. The standard InChI is InChI=1S/C17H25Cl2NO.ClH/c1-4-20(12(2)3)11-16(21)17(8-5-9-17)13-6-7-14(18)15(19)10-13;/h6-7,10,12,16,21H,4-5,8-9,11H2,1-3H3;1H. The van der Waals surface area contributed by atoms with Gasteiger partial charge in [-0.15, -0.1) is 12.4 Å². The highest BCUT2D eigenvalue weighted by atomic mass is 35.5. The van der Waals surface area contributed by atoms with Crippen LogP contribution in [0.2, 0.25) is 10.0 Å². The Morgan fingerprint density at radius 1 is 1.23 bits per heavy atom. The lowest BCUT2D eigenvalue weighted by atomic mass is 9.61. The molecule has 126 valence electrons. The fraction of sp³-hybridized carbons (Fsp3) is 0.647. The second-order valence-corrected chi connectivity index (χ2v) is 7.15. The van der Waals surface area contributed by atoms with Crippen molar-refractivity contribution in [1.82, 2.24) is 4.90 Å². The summed E-state index contributed by atoms with van der Waals surface area (Å²) < 4.78 is 0. The molecular formula is C17H26Cl3NO. The van der Waals surface area contributed by atoms with E-state index < -0.39 is 0 Å². The van der Waals surface area contributed by atoms with Gasteiger partial charge in [-0.05, 0) is 50.9 Å². The normalized spacial score (nSPS) is 18.0. The van der Waals surface area contributed by atoms with Crippen LogP contribution in [0.15, 0.2) is 18.2 Å². The molecule has 1 fully saturated rings. The van der Waals surface area contributed by atoms with Crippen LogP contribution < -0.4 is 0 Å². The van der Waals surface area contributed by atoms with Gasteiger partial charge in [-0.3, -0.25) is 4.90 Å². The van der Waals surface area contributed by atoms with Crippen LogP contribution in [0.5, 0.6) is 0 Å². The zero-order valence-electron chi connectivity index (χ0n) is 13.5. The largest absolute Gasteiger partial charge is 0.391 e. The summed E-state index contributed by atoms with van der Waals surface area (Å²) in [6.45, 7) is 8.13. The Bertz CT molecular complexity index is 489. The number of rotatable bonds is 6. The number of likely N-dealkylation sites (N-methyl/N-ethyl adjacent to an activating group) is 1. The van der Waals surface area contributed by atoms with Gasteiger partial charge in [0.1, 0.15) is 0 Å². The summed E-state index contributed by atoms with van der Waals surface area (Å²) in [7, 11) is 0. The van der Waals surface area contributed by atoms with Crippen LogP contribution in [0.25, 0.3) is 0 Å². The van der Waals surface area contributed by atoms with Gasteiger partial charge in [0.2, 0.25) is 0 Å². The van der Waals surface area contributed by atoms with Gasteiger partial charge in [0, 0.05) is 18.0 Å². The fourth-order valence-corrected chi connectivity index (χ4v) is 3.58. The molecule has 1 saturated carbocycles. The maximum Gasteiger partial charge on any atom is 0.0763 e. The van der Waals surface area contributed by atoms with Crippen LogP contribution in [-0.4, -0.2) is 35.2 Å². The van der Waals surface area contributed by atoms with Gasteiger partial charge >= 0.3 is 0 Å². The van der Waals surface area contributed by atoms with Gasteiger partial charge in [-0.1, -0.05) is 42.6 Å². The molecule has 1 aromatic rings. The molecule has 0 aromatic heterocycles. The second kappa shape index (κ2) is 8.21. The topological polar surface area (TPSA) is 23.5 Å². The van der Waals surface area contributed by atoms with Gasteiger partial charge in [0.05, 0.1) is 16.1 Å². The molecule has 0 radical (unpaired) electrons. The van der Waals surface area contributed by atoms with Crippen molar-refractivity contribution in [1.29, 1.82) is 0 Å². The third kappa shape index (κ3) is 3.91. The number of aliphatic hydroxyl groups excluding tert-OH is 1. The minimum atomic E-state index is -0.370. The molecule has 1 aliphatic rings. The average Bonchev–Trinajstić information content (AvgIpc) is 2.38. The zero-order valence-corrected chi connectivity index (χ0v) is 15.8. The van der Waals surface area contributed by atoms with E-state index in [0.29, 0.717) is 22.6 Å². The summed E-state index contributed by atoms with van der Waals surface area (Å²) in [5, 5.41) is 12.0. The third-order valence-corrected chi connectivity index (χ3v) is 5.66. The summed E-state index contributed by atoms with van der Waals surface area (Å²) >= 11 is 12.2. The molecule has 2 nitrogen and oxygen atoms in total. The average molecular weight is 367 g/mol. The summed E-state index contributed by atoms with van der Waals surface area (Å²) in [5.74, 6) is 0. The molecule has 1 unspecified atom stereocenters. The zero-order chi connectivity index (χ0) is 15.6. The van der Waals surface area contributed by atoms with Crippen LogP contribution in [0.4, 0.5) is 0 Å². The minimum Gasteiger partial charge on any atom is -0.391 e. The van der Waals surface area contributed by atoms with E-state index in [-0.39, 0.29) is 23.9 Å². The van der Waals surface area contributed by atoms with Gasteiger partial charge in [-0.25, -0.2) is 0 Å². The van der Waals surface area contributed by atoms with E-state index >= 15 is 0 Å². The highest BCUT2D eigenvalue weighted by molar-refractivity contribution is 6.42. The molecule has 1 atom stereocenters. The van der Waals surface area contributed by atoms with Crippen LogP contribution in [0.3, 0.4) is 0 Å². The Balaban J connectivity index is 0.00000242. The first kappa shape index (κ1) is 20.1. The fourth-order valence-electron chi connectivity index (χ4n) is 3.28. The number of hydrogen-bond donors (Lipinski definition) is 1. The molecule has 1 aromatic carbocycles. The Hall–Kier alpha value is 0.01000. The molecular weight excluding hydrogens is 341 g/mol. The van der Waals surface area contributed by atoms with Crippen molar-refractivity contribution in [2.45, 2.75) is 57.6 Å². The summed E-state index contributed by atoms with van der Waals surface area (Å²) in [4.78, 5) is 2.31. The van der Waals surface area contributed by atoms with Crippen LogP contribution >= 0.6 is 35.6 Å². The van der Waals surface area contributed by atoms with E-state index in [4.69, 9.17) is 23.2 Å². The summed E-state index contributed by atoms with van der Waals surface area (Å²) in [6.07, 6.45) is 2.82. The number of nitrogens with zero attached hydrogens (tertiary/aromatic N) is 1. The van der Waals surface area contributed by atoms with E-state index in [1.54, 1.807) is 0 Å². The minimum absolute atomic E-state index is 0. The first-order chi connectivity index (χ1) is 9.90. The van der Waals surface area contributed by atoms with Crippen molar-refractivity contribution in [2.24, 2.45) is 0 Å². The van der Waals surface area contributed by atoms with Crippen molar-refractivity contribution < 1.29 is 5.11 Å². The number of aliphatic hydroxyl groups is 1. The molecule has 1 aliphatic carbocycles. The summed E-state index contributed by atoms with van der Waals surface area (Å²) in [6, 6.07) is 6.22. The van der Waals surface area contributed by atoms with E-state index in [9.17, 15) is 5.11 Å². The molecule has 0 saturated heterocycles. The van der Waals surface area contributed by atoms with Gasteiger partial charge in [0.15, 0.2) is 0 Å². The molecule has 5 heteroatoms. The number of halogens is 3. The summed E-state index contributed by atoms with van der Waals surface area (Å²) in [5.41, 5.74) is 0.965. The highest BCUT2D eigenvalue weighted by Gasteiger charge is 2.45. The maximum atomic E-state index is 10.9. The van der Waals surface area contributed by atoms with Crippen LogP contribution in [0.1, 0.15) is 45.6 Å². The first-order valence-corrected chi connectivity index (χ1v) is 8.54. The van der Waals surface area contributed by atoms with Gasteiger partial charge < -0.3 is 5.11 Å². The van der Waals surface area contributed by atoms with E-state index in [1.165, 1.54) is 0 Å². The number of benzene rings is 1. The lowest BCUT2D eigenvalue weighted by Crippen LogP contribution is -2.51. The monoisotopic (exact) mass is 365 g/mol. The van der Waals surface area contributed by atoms with Gasteiger partial charge in [0.25, 0.3) is 0 Å². The lowest BCUT2D eigenvalue weighted by molar-refractivity contribution is -0.00291. The Kier molecular flexibility index (Phi) is 7.48. The predicted molar refractivity (Wildman–Crippen MR) is 97.6 cm³/mol. The molecule has 0 spiro atoms. The Morgan fingerprint density at radius 2 is 1.86 bits per heavy atom. The lowest BCUT2D eigenvalue weighted by Gasteiger charge is -2.47. The first-order valence-electron chi connectivity index (χ1n) is 7.78. The van der Waals surface area contributed by atoms with Crippen molar-refractivity contribution in [3.8, 4) is 0 Å². The van der Waals surface area contributed by atoms with Crippen molar-refractivity contribution in [3.63, 3.8) is 0 Å². The predicted octanol–water partition coefficient (Wildman–Crippen LogP) is 4.93. The Labute approximate surface area is 150 Å². The molecule has 0 aliphatic heterocycles. The van der Waals surface area contributed by atoms with Crippen LogP contribution in [0, 0.1) is 0 Å². The molecule has 0 heterocycles.